The van der Waals surface area contributed by atoms with Crippen LogP contribution in [-0.4, -0.2) is 69.3 Å². The van der Waals surface area contributed by atoms with Crippen LogP contribution in [-0.2, 0) is 14.2 Å². The van der Waals surface area contributed by atoms with Crippen LogP contribution in [0, 0.1) is 6.92 Å². The fraction of sp³-hybridized carbons (Fsp3) is 0.522. The Morgan fingerprint density at radius 1 is 1.24 bits per heavy atom. The van der Waals surface area contributed by atoms with Crippen LogP contribution < -0.4 is 11.2 Å². The van der Waals surface area contributed by atoms with Crippen LogP contribution in [0.25, 0.3) is 0 Å². The first-order valence-corrected chi connectivity index (χ1v) is 10.8. The summed E-state index contributed by atoms with van der Waals surface area (Å²) < 4.78 is 18.2. The van der Waals surface area contributed by atoms with Gasteiger partial charge in [-0.1, -0.05) is 30.3 Å². The topological polar surface area (TPSA) is 140 Å². The lowest BCUT2D eigenvalue weighted by Gasteiger charge is -2.44. The number of ketones is 1. The Balaban J connectivity index is 1.77. The van der Waals surface area contributed by atoms with Crippen LogP contribution in [0.2, 0.25) is 0 Å². The average molecular weight is 460 g/mol. The number of ether oxygens (including phenoxy) is 3. The van der Waals surface area contributed by atoms with Crippen molar-refractivity contribution in [2.75, 3.05) is 20.3 Å². The molecule has 3 heterocycles. The van der Waals surface area contributed by atoms with Crippen molar-refractivity contribution in [3.05, 3.63) is 68.5 Å². The number of aromatic amines is 1. The lowest BCUT2D eigenvalue weighted by atomic mass is 9.76. The summed E-state index contributed by atoms with van der Waals surface area (Å²) >= 11 is 0. The van der Waals surface area contributed by atoms with Gasteiger partial charge in [-0.05, 0) is 6.92 Å². The molecule has 2 aliphatic rings. The molecular formula is C23H28N2O8. The van der Waals surface area contributed by atoms with Gasteiger partial charge in [-0.25, -0.2) is 4.79 Å². The molecule has 2 aliphatic heterocycles. The number of aromatic nitrogens is 2. The van der Waals surface area contributed by atoms with E-state index in [1.807, 2.05) is 0 Å². The van der Waals surface area contributed by atoms with Crippen molar-refractivity contribution < 1.29 is 29.2 Å². The number of carbonyl (C=O) groups excluding carboxylic acids is 1. The van der Waals surface area contributed by atoms with E-state index in [4.69, 9.17) is 14.2 Å². The molecule has 33 heavy (non-hydrogen) atoms. The van der Waals surface area contributed by atoms with E-state index in [0.29, 0.717) is 26.1 Å². The van der Waals surface area contributed by atoms with E-state index in [1.54, 1.807) is 30.3 Å². The predicted octanol–water partition coefficient (Wildman–Crippen LogP) is 0.303. The fourth-order valence-electron chi connectivity index (χ4n) is 4.69. The van der Waals surface area contributed by atoms with Gasteiger partial charge in [0.05, 0.1) is 0 Å². The third-order valence-corrected chi connectivity index (χ3v) is 6.72. The largest absolute Gasteiger partial charge is 0.387 e. The minimum absolute atomic E-state index is 0.241. The molecule has 0 amide bonds. The lowest BCUT2D eigenvalue weighted by Crippen LogP contribution is -2.61. The second kappa shape index (κ2) is 8.96. The van der Waals surface area contributed by atoms with Crippen molar-refractivity contribution in [3.63, 3.8) is 0 Å². The Kier molecular flexibility index (Phi) is 6.39. The number of hydrogen-bond donors (Lipinski definition) is 3. The monoisotopic (exact) mass is 460 g/mol. The maximum Gasteiger partial charge on any atom is 0.330 e. The quantitative estimate of drug-likeness (QED) is 0.523. The molecule has 1 aromatic heterocycles. The maximum atomic E-state index is 13.5. The number of rotatable bonds is 6. The third kappa shape index (κ3) is 4.09. The Morgan fingerprint density at radius 2 is 1.91 bits per heavy atom. The zero-order chi connectivity index (χ0) is 23.8. The van der Waals surface area contributed by atoms with E-state index < -0.39 is 46.7 Å². The van der Waals surface area contributed by atoms with E-state index in [9.17, 15) is 24.6 Å². The lowest BCUT2D eigenvalue weighted by molar-refractivity contribution is -0.206. The number of nitrogens with one attached hydrogen (secondary N) is 1. The number of aryl methyl sites for hydroxylation is 1. The van der Waals surface area contributed by atoms with Gasteiger partial charge in [-0.2, -0.15) is 0 Å². The summed E-state index contributed by atoms with van der Waals surface area (Å²) in [6, 6.07) is 8.20. The van der Waals surface area contributed by atoms with Crippen LogP contribution >= 0.6 is 0 Å². The first-order chi connectivity index (χ1) is 15.7. The number of benzene rings is 1. The second-order valence-electron chi connectivity index (χ2n) is 8.64. The molecule has 4 rings (SSSR count). The van der Waals surface area contributed by atoms with Crippen molar-refractivity contribution in [2.24, 2.45) is 0 Å². The number of nitrogens with zero attached hydrogens (tertiary/aromatic N) is 1. The molecule has 4 atom stereocenters. The summed E-state index contributed by atoms with van der Waals surface area (Å²) in [6.45, 7) is 2.20. The molecule has 2 aromatic rings. The van der Waals surface area contributed by atoms with Gasteiger partial charge < -0.3 is 24.4 Å². The zero-order valence-electron chi connectivity index (χ0n) is 18.5. The molecule has 10 heteroatoms. The smallest absolute Gasteiger partial charge is 0.330 e. The normalized spacial score (nSPS) is 27.9. The number of carbonyl (C=O) groups is 1. The van der Waals surface area contributed by atoms with Crippen molar-refractivity contribution >= 4 is 5.78 Å². The number of Topliss-reactive ketones (excluding diaryl/α,β-unsaturated/α-hetero) is 1. The zero-order valence-corrected chi connectivity index (χ0v) is 18.5. The van der Waals surface area contributed by atoms with Crippen LogP contribution in [0.4, 0.5) is 0 Å². The molecule has 2 fully saturated rings. The number of aliphatic hydroxyl groups excluding tert-OH is 1. The second-order valence-corrected chi connectivity index (χ2v) is 8.64. The van der Waals surface area contributed by atoms with E-state index in [-0.39, 0.29) is 17.5 Å². The SMILES string of the molecule is COC1(C(O)[C@H]2O[C@@H](n3cc(C)c(=O)[nH]c3=O)C[C@@]2(O)C(=O)c2ccccc2)CCOCC1. The van der Waals surface area contributed by atoms with Crippen molar-refractivity contribution in [2.45, 2.75) is 55.8 Å². The number of hydrogen-bond acceptors (Lipinski definition) is 8. The summed E-state index contributed by atoms with van der Waals surface area (Å²) in [5.41, 5.74) is -4.04. The highest BCUT2D eigenvalue weighted by molar-refractivity contribution is 6.03. The van der Waals surface area contributed by atoms with Gasteiger partial charge in [0.25, 0.3) is 5.56 Å². The molecule has 1 aromatic carbocycles. The predicted molar refractivity (Wildman–Crippen MR) is 116 cm³/mol. The maximum absolute atomic E-state index is 13.5. The van der Waals surface area contributed by atoms with Crippen LogP contribution in [0.1, 0.15) is 41.4 Å². The molecule has 0 saturated carbocycles. The molecule has 3 N–H and O–H groups in total. The molecule has 0 radical (unpaired) electrons. The van der Waals surface area contributed by atoms with Crippen LogP contribution in [0.3, 0.4) is 0 Å². The number of H-pyrrole nitrogens is 1. The first kappa shape index (κ1) is 23.5. The first-order valence-electron chi connectivity index (χ1n) is 10.8. The third-order valence-electron chi connectivity index (χ3n) is 6.72. The molecule has 0 aliphatic carbocycles. The van der Waals surface area contributed by atoms with E-state index in [2.05, 4.69) is 4.98 Å². The standard InChI is InChI=1S/C23H28N2O8/c1-14-13-25(21(29)24-20(14)28)16-12-23(30,17(26)15-6-4-3-5-7-15)19(33-16)18(27)22(31-2)8-10-32-11-9-22/h3-7,13,16,18-19,27,30H,8-12H2,1-2H3,(H,24,28,29)/t16-,18?,19-,23-/m1/s1. The Bertz CT molecular complexity index is 1120. The van der Waals surface area contributed by atoms with E-state index in [1.165, 1.54) is 20.2 Å². The van der Waals surface area contributed by atoms with Crippen LogP contribution in [0.15, 0.2) is 46.1 Å². The highest BCUT2D eigenvalue weighted by Gasteiger charge is 2.60. The van der Waals surface area contributed by atoms with Crippen molar-refractivity contribution in [3.8, 4) is 0 Å². The summed E-state index contributed by atoms with van der Waals surface area (Å²) in [5, 5.41) is 23.1. The van der Waals surface area contributed by atoms with Gasteiger partial charge >= 0.3 is 5.69 Å². The van der Waals surface area contributed by atoms with Gasteiger partial charge in [-0.15, -0.1) is 0 Å². The highest BCUT2D eigenvalue weighted by Crippen LogP contribution is 2.44. The van der Waals surface area contributed by atoms with E-state index in [0.717, 1.165) is 4.57 Å². The number of aliphatic hydroxyl groups is 2. The van der Waals surface area contributed by atoms with Crippen LogP contribution in [0.5, 0.6) is 0 Å². The van der Waals surface area contributed by atoms with Gasteiger partial charge in [0.15, 0.2) is 11.4 Å². The Morgan fingerprint density at radius 3 is 2.55 bits per heavy atom. The van der Waals surface area contributed by atoms with Gasteiger partial charge in [-0.3, -0.25) is 19.1 Å². The minimum atomic E-state index is -2.15. The summed E-state index contributed by atoms with van der Waals surface area (Å²) in [7, 11) is 1.45. The summed E-state index contributed by atoms with van der Waals surface area (Å²) in [4.78, 5) is 40.0. The molecule has 2 saturated heterocycles. The Labute approximate surface area is 189 Å². The van der Waals surface area contributed by atoms with E-state index >= 15 is 0 Å². The fourth-order valence-corrected chi connectivity index (χ4v) is 4.69. The van der Waals surface area contributed by atoms with Crippen molar-refractivity contribution in [1.29, 1.82) is 0 Å². The molecule has 0 spiro atoms. The summed E-state index contributed by atoms with van der Waals surface area (Å²) in [6.07, 6.45) is -2.20. The molecule has 178 valence electrons. The van der Waals surface area contributed by atoms with Gasteiger partial charge in [0, 0.05) is 56.9 Å². The minimum Gasteiger partial charge on any atom is -0.387 e. The van der Waals surface area contributed by atoms with Gasteiger partial charge in [0.2, 0.25) is 0 Å². The number of methoxy groups -OCH3 is 1. The molecule has 10 nitrogen and oxygen atoms in total. The molecule has 0 bridgehead atoms. The van der Waals surface area contributed by atoms with Gasteiger partial charge in [0.1, 0.15) is 24.0 Å². The molecular weight excluding hydrogens is 432 g/mol. The average Bonchev–Trinajstić information content (AvgIpc) is 3.19. The molecule has 1 unspecified atom stereocenters. The summed E-state index contributed by atoms with van der Waals surface area (Å²) in [5.74, 6) is -0.637. The Hall–Kier alpha value is -2.63. The highest BCUT2D eigenvalue weighted by atomic mass is 16.6. The van der Waals surface area contributed by atoms with Crippen molar-refractivity contribution in [1.82, 2.24) is 9.55 Å².